The second-order valence-corrected chi connectivity index (χ2v) is 8.30. The molecule has 1 amide bonds. The van der Waals surface area contributed by atoms with E-state index in [0.717, 1.165) is 6.42 Å². The minimum absolute atomic E-state index is 0.0383. The summed E-state index contributed by atoms with van der Waals surface area (Å²) in [5.41, 5.74) is 1.64. The molecule has 1 aliphatic rings. The van der Waals surface area contributed by atoms with E-state index in [1.807, 2.05) is 0 Å². The molecule has 0 radical (unpaired) electrons. The topological polar surface area (TPSA) is 66.5 Å². The molecule has 1 aliphatic heterocycles. The number of halogens is 2. The number of nitrogens with zero attached hydrogens (tertiary/aromatic N) is 1. The zero-order valence-electron chi connectivity index (χ0n) is 13.4. The first-order valence-corrected chi connectivity index (χ1v) is 9.91. The summed E-state index contributed by atoms with van der Waals surface area (Å²) < 4.78 is 27.8. The molecule has 0 unspecified atom stereocenters. The number of amides is 1. The second-order valence-electron chi connectivity index (χ2n) is 5.84. The minimum Gasteiger partial charge on any atom is -0.312 e. The van der Waals surface area contributed by atoms with Crippen LogP contribution in [0.1, 0.15) is 18.4 Å². The monoisotopic (exact) mass is 398 g/mol. The Morgan fingerprint density at radius 2 is 1.88 bits per heavy atom. The highest BCUT2D eigenvalue weighted by atomic mass is 35.5. The molecular weight excluding hydrogens is 383 g/mol. The molecule has 1 fully saturated rings. The summed E-state index contributed by atoms with van der Waals surface area (Å²) in [7, 11) is -3.88. The minimum atomic E-state index is -3.88. The number of benzene rings is 2. The number of anilines is 2. The number of hydrogen-bond acceptors (Lipinski definition) is 3. The van der Waals surface area contributed by atoms with Crippen LogP contribution in [0.3, 0.4) is 0 Å². The molecule has 1 saturated heterocycles. The van der Waals surface area contributed by atoms with Crippen LogP contribution in [-0.2, 0) is 14.8 Å². The Balaban J connectivity index is 1.91. The van der Waals surface area contributed by atoms with Gasteiger partial charge in [0, 0.05) is 23.7 Å². The molecule has 2 aromatic rings. The van der Waals surface area contributed by atoms with Crippen molar-refractivity contribution < 1.29 is 13.2 Å². The SMILES string of the molecule is Cc1cc(S(=O)(=O)Nc2cccc(N3CCCC3=O)c2)c(Cl)cc1Cl. The van der Waals surface area contributed by atoms with E-state index in [-0.39, 0.29) is 15.8 Å². The highest BCUT2D eigenvalue weighted by Crippen LogP contribution is 2.30. The van der Waals surface area contributed by atoms with Gasteiger partial charge in [-0.1, -0.05) is 29.3 Å². The first kappa shape index (κ1) is 18.0. The Kier molecular flexibility index (Phi) is 4.95. The van der Waals surface area contributed by atoms with Crippen molar-refractivity contribution in [2.75, 3.05) is 16.2 Å². The van der Waals surface area contributed by atoms with Crippen LogP contribution in [0.15, 0.2) is 41.3 Å². The summed E-state index contributed by atoms with van der Waals surface area (Å²) in [5.74, 6) is 0.0383. The number of carbonyl (C=O) groups is 1. The van der Waals surface area contributed by atoms with E-state index < -0.39 is 10.0 Å². The van der Waals surface area contributed by atoms with Crippen molar-refractivity contribution in [3.63, 3.8) is 0 Å². The van der Waals surface area contributed by atoms with E-state index in [9.17, 15) is 13.2 Å². The quantitative estimate of drug-likeness (QED) is 0.837. The van der Waals surface area contributed by atoms with Crippen LogP contribution in [0.2, 0.25) is 10.0 Å². The molecular formula is C17H16Cl2N2O3S. The number of rotatable bonds is 4. The third kappa shape index (κ3) is 3.76. The van der Waals surface area contributed by atoms with Crippen molar-refractivity contribution in [1.29, 1.82) is 0 Å². The zero-order chi connectivity index (χ0) is 18.2. The fourth-order valence-corrected chi connectivity index (χ4v) is 4.59. The third-order valence-electron chi connectivity index (χ3n) is 3.99. The fourth-order valence-electron chi connectivity index (χ4n) is 2.71. The molecule has 3 rings (SSSR count). The summed E-state index contributed by atoms with van der Waals surface area (Å²) in [6.45, 7) is 2.34. The predicted octanol–water partition coefficient (Wildman–Crippen LogP) is 4.23. The van der Waals surface area contributed by atoms with Gasteiger partial charge in [0.05, 0.1) is 10.7 Å². The van der Waals surface area contributed by atoms with Gasteiger partial charge in [0.2, 0.25) is 5.91 Å². The van der Waals surface area contributed by atoms with Gasteiger partial charge in [-0.25, -0.2) is 8.42 Å². The summed E-state index contributed by atoms with van der Waals surface area (Å²) in [6.07, 6.45) is 1.31. The lowest BCUT2D eigenvalue weighted by Gasteiger charge is -2.17. The van der Waals surface area contributed by atoms with Crippen molar-refractivity contribution in [2.24, 2.45) is 0 Å². The zero-order valence-corrected chi connectivity index (χ0v) is 15.7. The third-order valence-corrected chi connectivity index (χ3v) is 6.24. The first-order chi connectivity index (χ1) is 11.8. The number of nitrogens with one attached hydrogen (secondary N) is 1. The normalized spacial score (nSPS) is 14.8. The van der Waals surface area contributed by atoms with E-state index in [1.54, 1.807) is 36.1 Å². The highest BCUT2D eigenvalue weighted by molar-refractivity contribution is 7.92. The number of sulfonamides is 1. The molecule has 0 saturated carbocycles. The van der Waals surface area contributed by atoms with Crippen molar-refractivity contribution in [3.8, 4) is 0 Å². The van der Waals surface area contributed by atoms with Gasteiger partial charge in [-0.2, -0.15) is 0 Å². The Hall–Kier alpha value is -1.76. The Labute approximate surface area is 156 Å². The maximum absolute atomic E-state index is 12.7. The van der Waals surface area contributed by atoms with Crippen LogP contribution in [0, 0.1) is 6.92 Å². The lowest BCUT2D eigenvalue weighted by Crippen LogP contribution is -2.23. The first-order valence-electron chi connectivity index (χ1n) is 7.67. The van der Waals surface area contributed by atoms with Gasteiger partial charge in [0.1, 0.15) is 4.90 Å². The molecule has 0 aromatic heterocycles. The molecule has 0 atom stereocenters. The maximum atomic E-state index is 12.7. The molecule has 1 heterocycles. The Bertz CT molecular complexity index is 945. The van der Waals surface area contributed by atoms with E-state index in [1.165, 1.54) is 12.1 Å². The maximum Gasteiger partial charge on any atom is 0.263 e. The van der Waals surface area contributed by atoms with Gasteiger partial charge < -0.3 is 4.90 Å². The van der Waals surface area contributed by atoms with Crippen molar-refractivity contribution in [3.05, 3.63) is 52.0 Å². The molecule has 0 spiro atoms. The van der Waals surface area contributed by atoms with E-state index >= 15 is 0 Å². The molecule has 0 aliphatic carbocycles. The van der Waals surface area contributed by atoms with Crippen LogP contribution in [-0.4, -0.2) is 20.9 Å². The summed E-state index contributed by atoms with van der Waals surface area (Å²) in [4.78, 5) is 13.5. The molecule has 5 nitrogen and oxygen atoms in total. The summed E-state index contributed by atoms with van der Waals surface area (Å²) >= 11 is 12.0. The van der Waals surface area contributed by atoms with Crippen molar-refractivity contribution in [1.82, 2.24) is 0 Å². The van der Waals surface area contributed by atoms with E-state index in [2.05, 4.69) is 4.72 Å². The van der Waals surface area contributed by atoms with Crippen molar-refractivity contribution in [2.45, 2.75) is 24.7 Å². The molecule has 25 heavy (non-hydrogen) atoms. The van der Waals surface area contributed by atoms with Gasteiger partial charge in [-0.3, -0.25) is 9.52 Å². The van der Waals surface area contributed by atoms with E-state index in [4.69, 9.17) is 23.2 Å². The van der Waals surface area contributed by atoms with Crippen LogP contribution in [0.4, 0.5) is 11.4 Å². The highest BCUT2D eigenvalue weighted by Gasteiger charge is 2.23. The van der Waals surface area contributed by atoms with E-state index in [0.29, 0.717) is 34.9 Å². The Morgan fingerprint density at radius 1 is 1.12 bits per heavy atom. The average Bonchev–Trinajstić information content (AvgIpc) is 2.96. The van der Waals surface area contributed by atoms with Gasteiger partial charge in [-0.05, 0) is 49.2 Å². The molecule has 2 aromatic carbocycles. The molecule has 1 N–H and O–H groups in total. The lowest BCUT2D eigenvalue weighted by molar-refractivity contribution is -0.117. The molecule has 8 heteroatoms. The average molecular weight is 399 g/mol. The van der Waals surface area contributed by atoms with Crippen LogP contribution in [0.5, 0.6) is 0 Å². The number of aryl methyl sites for hydroxylation is 1. The van der Waals surface area contributed by atoms with Crippen molar-refractivity contribution >= 4 is 50.5 Å². The smallest absolute Gasteiger partial charge is 0.263 e. The second kappa shape index (κ2) is 6.86. The predicted molar refractivity (Wildman–Crippen MR) is 100 cm³/mol. The standard InChI is InChI=1S/C17H16Cl2N2O3S/c1-11-8-16(15(19)10-14(11)18)25(23,24)20-12-4-2-5-13(9-12)21-7-3-6-17(21)22/h2,4-5,8-10,20H,3,6-7H2,1H3. The van der Waals surface area contributed by atoms with Crippen LogP contribution < -0.4 is 9.62 Å². The number of carbonyl (C=O) groups excluding carboxylic acids is 1. The lowest BCUT2D eigenvalue weighted by atomic mass is 10.2. The number of hydrogen-bond donors (Lipinski definition) is 1. The van der Waals surface area contributed by atoms with Crippen LogP contribution >= 0.6 is 23.2 Å². The molecule has 0 bridgehead atoms. The van der Waals surface area contributed by atoms with Gasteiger partial charge in [-0.15, -0.1) is 0 Å². The largest absolute Gasteiger partial charge is 0.312 e. The summed E-state index contributed by atoms with van der Waals surface area (Å²) in [6, 6.07) is 9.58. The fraction of sp³-hybridized carbons (Fsp3) is 0.235. The van der Waals surface area contributed by atoms with Gasteiger partial charge >= 0.3 is 0 Å². The molecule has 132 valence electrons. The van der Waals surface area contributed by atoms with Gasteiger partial charge in [0.25, 0.3) is 10.0 Å². The summed E-state index contributed by atoms with van der Waals surface area (Å²) in [5, 5.41) is 0.451. The Morgan fingerprint density at radius 3 is 2.56 bits per heavy atom. The van der Waals surface area contributed by atoms with Gasteiger partial charge in [0.15, 0.2) is 0 Å². The van der Waals surface area contributed by atoms with Crippen LogP contribution in [0.25, 0.3) is 0 Å².